The molecule has 0 amide bonds. The van der Waals surface area contributed by atoms with E-state index in [2.05, 4.69) is 41.0 Å². The second-order valence-corrected chi connectivity index (χ2v) is 6.40. The van der Waals surface area contributed by atoms with Crippen LogP contribution < -0.4 is 5.32 Å². The zero-order chi connectivity index (χ0) is 13.7. The van der Waals surface area contributed by atoms with Gasteiger partial charge in [-0.05, 0) is 39.9 Å². The highest BCUT2D eigenvalue weighted by Crippen LogP contribution is 2.25. The van der Waals surface area contributed by atoms with Gasteiger partial charge in [0.2, 0.25) is 0 Å². The molecule has 2 fully saturated rings. The van der Waals surface area contributed by atoms with E-state index in [4.69, 9.17) is 0 Å². The molecule has 0 aromatic heterocycles. The van der Waals surface area contributed by atoms with Crippen molar-refractivity contribution in [1.82, 2.24) is 20.0 Å². The molecule has 2 atom stereocenters. The van der Waals surface area contributed by atoms with E-state index in [0.717, 1.165) is 18.6 Å². The third kappa shape index (κ3) is 4.71. The maximum absolute atomic E-state index is 3.61. The van der Waals surface area contributed by atoms with Crippen molar-refractivity contribution in [3.63, 3.8) is 0 Å². The first-order valence-electron chi connectivity index (χ1n) is 8.03. The molecule has 4 nitrogen and oxygen atoms in total. The fourth-order valence-corrected chi connectivity index (χ4v) is 3.46. The minimum Gasteiger partial charge on any atom is -0.314 e. The van der Waals surface area contributed by atoms with Gasteiger partial charge in [-0.2, -0.15) is 0 Å². The van der Waals surface area contributed by atoms with Crippen molar-refractivity contribution in [1.29, 1.82) is 0 Å². The Bertz CT molecular complexity index is 249. The first-order valence-corrected chi connectivity index (χ1v) is 8.03. The van der Waals surface area contributed by atoms with Gasteiger partial charge in [0, 0.05) is 51.4 Å². The third-order valence-corrected chi connectivity index (χ3v) is 4.68. The molecule has 0 bridgehead atoms. The van der Waals surface area contributed by atoms with Crippen LogP contribution in [-0.4, -0.2) is 86.7 Å². The molecule has 1 saturated carbocycles. The quantitative estimate of drug-likeness (QED) is 0.765. The molecule has 1 N–H and O–H groups in total. The molecule has 4 heteroatoms. The van der Waals surface area contributed by atoms with Crippen molar-refractivity contribution in [2.75, 3.05) is 59.9 Å². The topological polar surface area (TPSA) is 21.8 Å². The van der Waals surface area contributed by atoms with Crippen LogP contribution in [0.15, 0.2) is 0 Å². The van der Waals surface area contributed by atoms with Gasteiger partial charge in [0.25, 0.3) is 0 Å². The third-order valence-electron chi connectivity index (χ3n) is 4.68. The van der Waals surface area contributed by atoms with Crippen molar-refractivity contribution in [2.24, 2.45) is 0 Å². The second kappa shape index (κ2) is 7.58. The molecule has 2 unspecified atom stereocenters. The number of hydrogen-bond acceptors (Lipinski definition) is 4. The molecule has 112 valence electrons. The summed E-state index contributed by atoms with van der Waals surface area (Å²) in [6, 6.07) is 1.63. The van der Waals surface area contributed by atoms with Crippen molar-refractivity contribution >= 4 is 0 Å². The highest BCUT2D eigenvalue weighted by molar-refractivity contribution is 4.88. The molecule has 1 aliphatic carbocycles. The lowest BCUT2D eigenvalue weighted by Crippen LogP contribution is -2.51. The highest BCUT2D eigenvalue weighted by atomic mass is 15.3. The predicted octanol–water partition coefficient (Wildman–Crippen LogP) is 0.696. The maximum Gasteiger partial charge on any atom is 0.0113 e. The van der Waals surface area contributed by atoms with Crippen LogP contribution in [0.1, 0.15) is 26.2 Å². The molecule has 0 radical (unpaired) electrons. The van der Waals surface area contributed by atoms with E-state index >= 15 is 0 Å². The molecule has 1 saturated heterocycles. The van der Waals surface area contributed by atoms with Crippen LogP contribution in [0, 0.1) is 0 Å². The largest absolute Gasteiger partial charge is 0.314 e. The molecule has 0 aromatic carbocycles. The summed E-state index contributed by atoms with van der Waals surface area (Å²) >= 11 is 0. The molecule has 1 aliphatic heterocycles. The Morgan fingerprint density at radius 3 is 2.47 bits per heavy atom. The zero-order valence-corrected chi connectivity index (χ0v) is 13.1. The van der Waals surface area contributed by atoms with Gasteiger partial charge in [0.1, 0.15) is 0 Å². The summed E-state index contributed by atoms with van der Waals surface area (Å²) < 4.78 is 0. The van der Waals surface area contributed by atoms with Gasteiger partial charge >= 0.3 is 0 Å². The molecule has 2 rings (SSSR count). The molecule has 0 aromatic rings. The van der Waals surface area contributed by atoms with E-state index in [0.29, 0.717) is 0 Å². The van der Waals surface area contributed by atoms with Crippen LogP contribution in [0.3, 0.4) is 0 Å². The normalized spacial score (nSPS) is 30.3. The number of nitrogens with zero attached hydrogens (tertiary/aromatic N) is 3. The van der Waals surface area contributed by atoms with Crippen LogP contribution in [-0.2, 0) is 0 Å². The standard InChI is InChI=1S/C15H32N4/c1-4-16-14-5-6-15(13-14)19-11-9-18(10-12-19)8-7-17(2)3/h14-16H,4-13H2,1-3H3. The van der Waals surface area contributed by atoms with Crippen LogP contribution in [0.25, 0.3) is 0 Å². The number of rotatable bonds is 6. The lowest BCUT2D eigenvalue weighted by Gasteiger charge is -2.38. The highest BCUT2D eigenvalue weighted by Gasteiger charge is 2.30. The average Bonchev–Trinajstić information content (AvgIpc) is 2.86. The monoisotopic (exact) mass is 268 g/mol. The molecular formula is C15H32N4. The summed E-state index contributed by atoms with van der Waals surface area (Å²) in [5.41, 5.74) is 0. The van der Waals surface area contributed by atoms with Crippen molar-refractivity contribution in [2.45, 2.75) is 38.3 Å². The lowest BCUT2D eigenvalue weighted by molar-refractivity contribution is 0.0926. The van der Waals surface area contributed by atoms with Crippen LogP contribution >= 0.6 is 0 Å². The van der Waals surface area contributed by atoms with Gasteiger partial charge in [0.15, 0.2) is 0 Å². The van der Waals surface area contributed by atoms with Gasteiger partial charge in [-0.3, -0.25) is 9.80 Å². The Morgan fingerprint density at radius 2 is 1.84 bits per heavy atom. The number of hydrogen-bond donors (Lipinski definition) is 1. The van der Waals surface area contributed by atoms with Gasteiger partial charge in [-0.1, -0.05) is 6.92 Å². The Balaban J connectivity index is 1.66. The maximum atomic E-state index is 3.61. The molecule has 19 heavy (non-hydrogen) atoms. The number of nitrogens with one attached hydrogen (secondary N) is 1. The van der Waals surface area contributed by atoms with Crippen molar-refractivity contribution in [3.8, 4) is 0 Å². The predicted molar refractivity (Wildman–Crippen MR) is 81.7 cm³/mol. The van der Waals surface area contributed by atoms with E-state index in [1.165, 1.54) is 58.5 Å². The zero-order valence-electron chi connectivity index (χ0n) is 13.1. The van der Waals surface area contributed by atoms with E-state index in [9.17, 15) is 0 Å². The van der Waals surface area contributed by atoms with Crippen LogP contribution in [0.5, 0.6) is 0 Å². The summed E-state index contributed by atoms with van der Waals surface area (Å²) in [6.45, 7) is 10.8. The first-order chi connectivity index (χ1) is 9.19. The lowest BCUT2D eigenvalue weighted by atomic mass is 10.1. The summed E-state index contributed by atoms with van der Waals surface area (Å²) in [5.74, 6) is 0. The summed E-state index contributed by atoms with van der Waals surface area (Å²) in [6.07, 6.45) is 4.14. The van der Waals surface area contributed by atoms with Crippen molar-refractivity contribution < 1.29 is 0 Å². The second-order valence-electron chi connectivity index (χ2n) is 6.40. The van der Waals surface area contributed by atoms with E-state index in [1.54, 1.807) is 0 Å². The van der Waals surface area contributed by atoms with Gasteiger partial charge in [-0.15, -0.1) is 0 Å². The van der Waals surface area contributed by atoms with E-state index in [-0.39, 0.29) is 0 Å². The number of piperazine rings is 1. The van der Waals surface area contributed by atoms with Gasteiger partial charge in [-0.25, -0.2) is 0 Å². The Hall–Kier alpha value is -0.160. The molecule has 0 spiro atoms. The smallest absolute Gasteiger partial charge is 0.0113 e. The summed E-state index contributed by atoms with van der Waals surface area (Å²) in [5, 5.41) is 3.61. The fraction of sp³-hybridized carbons (Fsp3) is 1.00. The SMILES string of the molecule is CCNC1CCC(N2CCN(CCN(C)C)CC2)C1. The van der Waals surface area contributed by atoms with E-state index < -0.39 is 0 Å². The van der Waals surface area contributed by atoms with Crippen LogP contribution in [0.4, 0.5) is 0 Å². The molecular weight excluding hydrogens is 236 g/mol. The molecule has 1 heterocycles. The molecule has 2 aliphatic rings. The van der Waals surface area contributed by atoms with E-state index in [1.807, 2.05) is 0 Å². The van der Waals surface area contributed by atoms with Gasteiger partial charge in [0.05, 0.1) is 0 Å². The Labute approximate surface area is 119 Å². The van der Waals surface area contributed by atoms with Gasteiger partial charge < -0.3 is 10.2 Å². The first kappa shape index (κ1) is 15.2. The summed E-state index contributed by atoms with van der Waals surface area (Å²) in [7, 11) is 4.32. The van der Waals surface area contributed by atoms with Crippen molar-refractivity contribution in [3.05, 3.63) is 0 Å². The summed E-state index contributed by atoms with van der Waals surface area (Å²) in [4.78, 5) is 7.64. The Morgan fingerprint density at radius 1 is 1.11 bits per heavy atom. The minimum absolute atomic E-state index is 0.779. The fourth-order valence-electron chi connectivity index (χ4n) is 3.46. The average molecular weight is 268 g/mol. The number of likely N-dealkylation sites (N-methyl/N-ethyl adjacent to an activating group) is 1. The minimum atomic E-state index is 0.779. The Kier molecular flexibility index (Phi) is 6.07. The van der Waals surface area contributed by atoms with Crippen LogP contribution in [0.2, 0.25) is 0 Å².